The summed E-state index contributed by atoms with van der Waals surface area (Å²) in [5.41, 5.74) is 0.269. The van der Waals surface area contributed by atoms with E-state index in [1.54, 1.807) is 0 Å². The Morgan fingerprint density at radius 2 is 1.76 bits per heavy atom. The maximum atomic E-state index is 12.3. The summed E-state index contributed by atoms with van der Waals surface area (Å²) >= 11 is 2.07. The fourth-order valence-corrected chi connectivity index (χ4v) is 5.44. The zero-order valence-electron chi connectivity index (χ0n) is 15.3. The fraction of sp³-hybridized carbons (Fsp3) is 0.944. The van der Waals surface area contributed by atoms with Crippen molar-refractivity contribution in [3.05, 3.63) is 0 Å². The highest BCUT2D eigenvalue weighted by molar-refractivity contribution is 7.99. The van der Waals surface area contributed by atoms with Crippen molar-refractivity contribution in [2.24, 2.45) is 5.92 Å². The maximum absolute atomic E-state index is 12.3. The zero-order chi connectivity index (χ0) is 16.0. The van der Waals surface area contributed by atoms with E-state index in [2.05, 4.69) is 27.3 Å². The molecule has 3 aliphatic rings. The van der Waals surface area contributed by atoms with E-state index in [0.29, 0.717) is 0 Å². The Morgan fingerprint density at radius 1 is 1.12 bits per heavy atom. The average Bonchev–Trinajstić information content (AvgIpc) is 3.10. The monoisotopic (exact) mass is 411 g/mol. The van der Waals surface area contributed by atoms with Crippen molar-refractivity contribution in [2.45, 2.75) is 56.9 Å². The highest BCUT2D eigenvalue weighted by Crippen LogP contribution is 2.36. The van der Waals surface area contributed by atoms with Crippen LogP contribution < -0.4 is 10.6 Å². The van der Waals surface area contributed by atoms with Gasteiger partial charge in [0.1, 0.15) is 0 Å². The Labute approximate surface area is 169 Å². The molecule has 1 saturated carbocycles. The van der Waals surface area contributed by atoms with Crippen molar-refractivity contribution >= 4 is 42.5 Å². The van der Waals surface area contributed by atoms with E-state index in [4.69, 9.17) is 0 Å². The van der Waals surface area contributed by atoms with Gasteiger partial charge in [0.15, 0.2) is 0 Å². The van der Waals surface area contributed by atoms with E-state index in [1.165, 1.54) is 63.1 Å². The maximum Gasteiger partial charge on any atom is 0.220 e. The lowest BCUT2D eigenvalue weighted by Gasteiger charge is -2.43. The number of thioether (sulfide) groups is 1. The van der Waals surface area contributed by atoms with Gasteiger partial charge in [-0.1, -0.05) is 12.8 Å². The zero-order valence-corrected chi connectivity index (χ0v) is 17.7. The van der Waals surface area contributed by atoms with Crippen LogP contribution in [0.2, 0.25) is 0 Å². The highest BCUT2D eigenvalue weighted by Gasteiger charge is 2.40. The first-order chi connectivity index (χ1) is 11.3. The average molecular weight is 412 g/mol. The highest BCUT2D eigenvalue weighted by atomic mass is 35.5. The van der Waals surface area contributed by atoms with Crippen LogP contribution in [0.4, 0.5) is 0 Å². The molecule has 0 unspecified atom stereocenters. The van der Waals surface area contributed by atoms with Crippen LogP contribution in [-0.4, -0.2) is 60.6 Å². The summed E-state index contributed by atoms with van der Waals surface area (Å²) in [7, 11) is 0. The number of piperidine rings is 1. The van der Waals surface area contributed by atoms with Crippen LogP contribution in [-0.2, 0) is 4.79 Å². The smallest absolute Gasteiger partial charge is 0.220 e. The molecule has 0 aromatic heterocycles. The number of halogens is 2. The molecule has 148 valence electrons. The summed E-state index contributed by atoms with van der Waals surface area (Å²) in [5.74, 6) is 3.54. The lowest BCUT2D eigenvalue weighted by molar-refractivity contribution is -0.122. The fourth-order valence-electron chi connectivity index (χ4n) is 4.53. The molecule has 3 fully saturated rings. The molecule has 2 heterocycles. The lowest BCUT2D eigenvalue weighted by atomic mass is 9.92. The van der Waals surface area contributed by atoms with Crippen LogP contribution in [0.3, 0.4) is 0 Å². The Hall–Kier alpha value is 0.320. The molecule has 0 aromatic carbocycles. The van der Waals surface area contributed by atoms with Crippen LogP contribution in [0.25, 0.3) is 0 Å². The number of nitrogens with zero attached hydrogens (tertiary/aromatic N) is 1. The summed E-state index contributed by atoms with van der Waals surface area (Å²) in [6.45, 7) is 5.54. The first kappa shape index (κ1) is 23.4. The first-order valence-electron chi connectivity index (χ1n) is 9.59. The molecule has 2 saturated heterocycles. The Bertz CT molecular complexity index is 383. The number of nitrogens with one attached hydrogen (secondary N) is 2. The number of rotatable bonds is 6. The van der Waals surface area contributed by atoms with Gasteiger partial charge in [-0.2, -0.15) is 11.8 Å². The molecule has 0 radical (unpaired) electrons. The second-order valence-corrected chi connectivity index (χ2v) is 8.76. The third-order valence-corrected chi connectivity index (χ3v) is 7.01. The summed E-state index contributed by atoms with van der Waals surface area (Å²) in [4.78, 5) is 15.0. The second-order valence-electron chi connectivity index (χ2n) is 7.54. The minimum Gasteiger partial charge on any atom is -0.354 e. The molecule has 4 nitrogen and oxygen atoms in total. The third kappa shape index (κ3) is 6.76. The molecule has 7 heteroatoms. The number of amides is 1. The molecule has 1 aliphatic carbocycles. The third-order valence-electron chi connectivity index (χ3n) is 6.07. The molecule has 2 N–H and O–H groups in total. The molecule has 2 aliphatic heterocycles. The minimum absolute atomic E-state index is 0. The normalized spacial score (nSPS) is 24.2. The van der Waals surface area contributed by atoms with E-state index < -0.39 is 0 Å². The predicted octanol–water partition coefficient (Wildman–Crippen LogP) is 3.09. The van der Waals surface area contributed by atoms with E-state index in [9.17, 15) is 4.79 Å². The standard InChI is InChI=1S/C18H33N3OS.2ClH/c22-17(4-3-16-5-9-19-10-6-16)20-15-18(7-1-2-8-18)21-11-13-23-14-12-21;;/h16,19H,1-15H2,(H,20,22);2*1H. The molecule has 1 amide bonds. The van der Waals surface area contributed by atoms with Gasteiger partial charge in [-0.25, -0.2) is 0 Å². The number of carbonyl (C=O) groups excluding carboxylic acids is 1. The summed E-state index contributed by atoms with van der Waals surface area (Å²) in [5, 5.41) is 6.70. The van der Waals surface area contributed by atoms with Gasteiger partial charge < -0.3 is 10.6 Å². The molecule has 25 heavy (non-hydrogen) atoms. The van der Waals surface area contributed by atoms with Crippen molar-refractivity contribution in [2.75, 3.05) is 44.2 Å². The van der Waals surface area contributed by atoms with E-state index >= 15 is 0 Å². The summed E-state index contributed by atoms with van der Waals surface area (Å²) in [6.07, 6.45) is 9.46. The second kappa shape index (κ2) is 11.9. The molecule has 0 spiro atoms. The number of hydrogen-bond acceptors (Lipinski definition) is 4. The molecular weight excluding hydrogens is 377 g/mol. The van der Waals surface area contributed by atoms with Gasteiger partial charge >= 0.3 is 0 Å². The molecular formula is C18H35Cl2N3OS. The number of carbonyl (C=O) groups is 1. The van der Waals surface area contributed by atoms with Crippen molar-refractivity contribution < 1.29 is 4.79 Å². The van der Waals surface area contributed by atoms with Gasteiger partial charge in [0, 0.05) is 43.1 Å². The van der Waals surface area contributed by atoms with Crippen LogP contribution in [0.1, 0.15) is 51.4 Å². The Balaban J connectivity index is 0.00000156. The van der Waals surface area contributed by atoms with Crippen LogP contribution in [0, 0.1) is 5.92 Å². The molecule has 0 atom stereocenters. The Kier molecular flexibility index (Phi) is 11.1. The van der Waals surface area contributed by atoms with Crippen molar-refractivity contribution in [3.63, 3.8) is 0 Å². The molecule has 3 rings (SSSR count). The van der Waals surface area contributed by atoms with Crippen LogP contribution in [0.5, 0.6) is 0 Å². The van der Waals surface area contributed by atoms with E-state index in [-0.39, 0.29) is 36.3 Å². The van der Waals surface area contributed by atoms with Gasteiger partial charge in [0.25, 0.3) is 0 Å². The van der Waals surface area contributed by atoms with Crippen LogP contribution in [0.15, 0.2) is 0 Å². The van der Waals surface area contributed by atoms with Gasteiger partial charge in [-0.05, 0) is 51.1 Å². The first-order valence-corrected chi connectivity index (χ1v) is 10.7. The lowest BCUT2D eigenvalue weighted by Crippen LogP contribution is -2.56. The molecule has 0 bridgehead atoms. The van der Waals surface area contributed by atoms with E-state index in [1.807, 2.05) is 0 Å². The predicted molar refractivity (Wildman–Crippen MR) is 112 cm³/mol. The van der Waals surface area contributed by atoms with Gasteiger partial charge in [-0.15, -0.1) is 24.8 Å². The van der Waals surface area contributed by atoms with Crippen molar-refractivity contribution in [3.8, 4) is 0 Å². The van der Waals surface area contributed by atoms with Crippen molar-refractivity contribution in [1.29, 1.82) is 0 Å². The minimum atomic E-state index is 0. The van der Waals surface area contributed by atoms with Gasteiger partial charge in [0.05, 0.1) is 0 Å². The van der Waals surface area contributed by atoms with Crippen LogP contribution >= 0.6 is 36.6 Å². The Morgan fingerprint density at radius 3 is 2.40 bits per heavy atom. The largest absolute Gasteiger partial charge is 0.354 e. The van der Waals surface area contributed by atoms with Crippen molar-refractivity contribution in [1.82, 2.24) is 15.5 Å². The number of hydrogen-bond donors (Lipinski definition) is 2. The van der Waals surface area contributed by atoms with Gasteiger partial charge in [0.2, 0.25) is 5.91 Å². The van der Waals surface area contributed by atoms with E-state index in [0.717, 1.165) is 38.4 Å². The summed E-state index contributed by atoms with van der Waals surface area (Å²) < 4.78 is 0. The SMILES string of the molecule is Cl.Cl.O=C(CCC1CCNCC1)NCC1(N2CCSCC2)CCCC1. The molecule has 0 aromatic rings. The quantitative estimate of drug-likeness (QED) is 0.704. The topological polar surface area (TPSA) is 44.4 Å². The van der Waals surface area contributed by atoms with Gasteiger partial charge in [-0.3, -0.25) is 9.69 Å². The summed E-state index contributed by atoms with van der Waals surface area (Å²) in [6, 6.07) is 0.